The first-order chi connectivity index (χ1) is 20.7. The Labute approximate surface area is 265 Å². The number of nitrogens with one attached hydrogen (secondary N) is 3. The Balaban J connectivity index is 2.05. The van der Waals surface area contributed by atoms with E-state index in [1.54, 1.807) is 47.2 Å². The van der Waals surface area contributed by atoms with Gasteiger partial charge in [0.15, 0.2) is 0 Å². The quantitative estimate of drug-likeness (QED) is 0.228. The van der Waals surface area contributed by atoms with Crippen molar-refractivity contribution in [1.29, 1.82) is 0 Å². The van der Waals surface area contributed by atoms with E-state index in [4.69, 9.17) is 9.47 Å². The summed E-state index contributed by atoms with van der Waals surface area (Å²) in [6.07, 6.45) is 4.61. The van der Waals surface area contributed by atoms with Crippen LogP contribution < -0.4 is 16.0 Å². The molecule has 1 unspecified atom stereocenters. The Kier molecular flexibility index (Phi) is 14.8. The molecule has 13 heteroatoms. The molecule has 43 heavy (non-hydrogen) atoms. The SMILES string of the molecule is CCC(C)[C@H]1NC(=O)[C@H]2CSSCC/C=C/[C@H](CC(=O)N[C@H](CCSC)C(=O)N2)OC(=O)C[C@@H]1OC(=O)c1ccccc1. The lowest BCUT2D eigenvalue weighted by atomic mass is 9.92. The maximum atomic E-state index is 13.8. The number of esters is 2. The zero-order valence-electron chi connectivity index (χ0n) is 24.7. The number of allylic oxidation sites excluding steroid dienone is 1. The molecule has 0 spiro atoms. The molecule has 2 heterocycles. The van der Waals surface area contributed by atoms with Gasteiger partial charge in [-0.15, -0.1) is 0 Å². The van der Waals surface area contributed by atoms with Gasteiger partial charge in [0.2, 0.25) is 17.7 Å². The van der Waals surface area contributed by atoms with Crippen molar-refractivity contribution in [2.24, 2.45) is 5.92 Å². The molecule has 1 aromatic carbocycles. The molecule has 2 aliphatic heterocycles. The van der Waals surface area contributed by atoms with Crippen LogP contribution in [0.5, 0.6) is 0 Å². The van der Waals surface area contributed by atoms with Crippen LogP contribution in [0.1, 0.15) is 56.3 Å². The van der Waals surface area contributed by atoms with E-state index in [1.165, 1.54) is 22.6 Å². The number of thioether (sulfide) groups is 1. The zero-order valence-corrected chi connectivity index (χ0v) is 27.2. The maximum absolute atomic E-state index is 13.8. The van der Waals surface area contributed by atoms with Gasteiger partial charge >= 0.3 is 11.9 Å². The third-order valence-electron chi connectivity index (χ3n) is 7.20. The molecule has 1 saturated heterocycles. The molecule has 3 N–H and O–H groups in total. The molecule has 3 amide bonds. The zero-order chi connectivity index (χ0) is 31.2. The largest absolute Gasteiger partial charge is 0.457 e. The second-order valence-corrected chi connectivity index (χ2v) is 14.1. The molecule has 10 nitrogen and oxygen atoms in total. The Morgan fingerprint density at radius 3 is 2.56 bits per heavy atom. The fraction of sp³-hybridized carbons (Fsp3) is 0.567. The summed E-state index contributed by atoms with van der Waals surface area (Å²) in [4.78, 5) is 66.9. The molecular weight excluding hydrogens is 611 g/mol. The van der Waals surface area contributed by atoms with Crippen molar-refractivity contribution in [2.45, 2.75) is 76.3 Å². The van der Waals surface area contributed by atoms with Crippen LogP contribution in [0.15, 0.2) is 42.5 Å². The van der Waals surface area contributed by atoms with Crippen molar-refractivity contribution >= 4 is 63.0 Å². The van der Waals surface area contributed by atoms with Crippen molar-refractivity contribution in [2.75, 3.05) is 23.5 Å². The number of carbonyl (C=O) groups excluding carboxylic acids is 5. The van der Waals surface area contributed by atoms with Gasteiger partial charge in [-0.25, -0.2) is 4.79 Å². The van der Waals surface area contributed by atoms with E-state index < -0.39 is 60.0 Å². The molecule has 2 aliphatic rings. The van der Waals surface area contributed by atoms with Crippen LogP contribution >= 0.6 is 33.3 Å². The predicted octanol–water partition coefficient (Wildman–Crippen LogP) is 3.51. The van der Waals surface area contributed by atoms with Crippen LogP contribution in [0.25, 0.3) is 0 Å². The van der Waals surface area contributed by atoms with Gasteiger partial charge in [-0.05, 0) is 49.0 Å². The highest BCUT2D eigenvalue weighted by atomic mass is 33.1. The molecule has 1 fully saturated rings. The lowest BCUT2D eigenvalue weighted by Crippen LogP contribution is -2.58. The molecular formula is C30H41N3O7S3. The summed E-state index contributed by atoms with van der Waals surface area (Å²) in [6.45, 7) is 3.84. The van der Waals surface area contributed by atoms with E-state index in [1.807, 2.05) is 26.2 Å². The number of ether oxygens (including phenoxy) is 2. The van der Waals surface area contributed by atoms with Crippen molar-refractivity contribution in [3.63, 3.8) is 0 Å². The summed E-state index contributed by atoms with van der Waals surface area (Å²) in [5, 5.41) is 8.63. The molecule has 6 atom stereocenters. The van der Waals surface area contributed by atoms with Crippen LogP contribution in [0, 0.1) is 5.92 Å². The highest BCUT2D eigenvalue weighted by Gasteiger charge is 2.37. The second-order valence-electron chi connectivity index (χ2n) is 10.5. The first-order valence-electron chi connectivity index (χ1n) is 14.5. The number of carbonyl (C=O) groups is 5. The van der Waals surface area contributed by atoms with Gasteiger partial charge in [-0.3, -0.25) is 19.2 Å². The minimum Gasteiger partial charge on any atom is -0.457 e. The topological polar surface area (TPSA) is 140 Å². The standard InChI is InChI=1S/C30H41N3O7S3/c1-4-19(2)27-24(40-30(38)20-10-6-5-7-11-20)17-26(35)39-21-12-8-9-14-42-43-18-23(29(37)33-27)32-28(36)22(13-15-41-3)31-25(34)16-21/h5-8,10-12,19,21-24,27H,4,9,13-18H2,1-3H3,(H,31,34)(H,32,36)(H,33,37)/b12-8+/t19?,21-,22-,23-,24+,27-/m1/s1. The third kappa shape index (κ3) is 11.4. The Morgan fingerprint density at radius 1 is 1.07 bits per heavy atom. The fourth-order valence-corrected chi connectivity index (χ4v) is 7.24. The summed E-state index contributed by atoms with van der Waals surface area (Å²) in [5.41, 5.74) is 0.301. The third-order valence-corrected chi connectivity index (χ3v) is 10.3. The lowest BCUT2D eigenvalue weighted by Gasteiger charge is -2.33. The average Bonchev–Trinajstić information content (AvgIpc) is 2.99. The summed E-state index contributed by atoms with van der Waals surface area (Å²) in [5.74, 6) is -1.28. The van der Waals surface area contributed by atoms with Gasteiger partial charge in [0.1, 0.15) is 24.3 Å². The van der Waals surface area contributed by atoms with Gasteiger partial charge in [0.05, 0.1) is 24.4 Å². The first kappa shape index (κ1) is 34.8. The Hall–Kier alpha value is -2.64. The Morgan fingerprint density at radius 2 is 1.84 bits per heavy atom. The number of benzene rings is 1. The van der Waals surface area contributed by atoms with E-state index in [2.05, 4.69) is 16.0 Å². The molecule has 0 saturated carbocycles. The predicted molar refractivity (Wildman–Crippen MR) is 172 cm³/mol. The number of rotatable bonds is 7. The number of hydrogen-bond acceptors (Lipinski definition) is 10. The maximum Gasteiger partial charge on any atom is 0.338 e. The molecule has 1 aromatic rings. The van der Waals surface area contributed by atoms with Crippen LogP contribution in [0.4, 0.5) is 0 Å². The smallest absolute Gasteiger partial charge is 0.338 e. The molecule has 0 aromatic heterocycles. The normalized spacial score (nSPS) is 27.6. The van der Waals surface area contributed by atoms with Crippen LogP contribution in [0.2, 0.25) is 0 Å². The van der Waals surface area contributed by atoms with Crippen LogP contribution in [-0.4, -0.2) is 83.5 Å². The van der Waals surface area contributed by atoms with Crippen LogP contribution in [0.3, 0.4) is 0 Å². The highest BCUT2D eigenvalue weighted by Crippen LogP contribution is 2.25. The average molecular weight is 652 g/mol. The van der Waals surface area contributed by atoms with Gasteiger partial charge in [0.25, 0.3) is 0 Å². The number of fused-ring (bicyclic) bond motifs is 7. The minimum atomic E-state index is -1.07. The highest BCUT2D eigenvalue weighted by molar-refractivity contribution is 8.76. The van der Waals surface area contributed by atoms with Gasteiger partial charge in [-0.2, -0.15) is 11.8 Å². The molecule has 2 bridgehead atoms. The van der Waals surface area contributed by atoms with E-state index >= 15 is 0 Å². The summed E-state index contributed by atoms with van der Waals surface area (Å²) in [7, 11) is 3.03. The molecule has 0 radical (unpaired) electrons. The van der Waals surface area contributed by atoms with Crippen molar-refractivity contribution < 1.29 is 33.4 Å². The first-order valence-corrected chi connectivity index (χ1v) is 18.4. The second kappa shape index (κ2) is 18.2. The van der Waals surface area contributed by atoms with Crippen molar-refractivity contribution in [3.05, 3.63) is 48.0 Å². The van der Waals surface area contributed by atoms with Gasteiger partial charge < -0.3 is 25.4 Å². The summed E-state index contributed by atoms with van der Waals surface area (Å²) >= 11 is 1.54. The molecule has 0 aliphatic carbocycles. The Bertz CT molecular complexity index is 1140. The number of amides is 3. The van der Waals surface area contributed by atoms with Gasteiger partial charge in [0, 0.05) is 11.5 Å². The van der Waals surface area contributed by atoms with Crippen LogP contribution in [-0.2, 0) is 28.7 Å². The van der Waals surface area contributed by atoms with Crippen molar-refractivity contribution in [3.8, 4) is 0 Å². The summed E-state index contributed by atoms with van der Waals surface area (Å²) in [6, 6.07) is 5.85. The van der Waals surface area contributed by atoms with E-state index in [-0.39, 0.29) is 24.5 Å². The van der Waals surface area contributed by atoms with E-state index in [0.29, 0.717) is 30.6 Å². The lowest BCUT2D eigenvalue weighted by molar-refractivity contribution is -0.151. The molecule has 3 rings (SSSR count). The monoisotopic (exact) mass is 651 g/mol. The summed E-state index contributed by atoms with van der Waals surface area (Å²) < 4.78 is 11.6. The van der Waals surface area contributed by atoms with E-state index in [9.17, 15) is 24.0 Å². The molecule has 236 valence electrons. The fourth-order valence-electron chi connectivity index (χ4n) is 4.61. The van der Waals surface area contributed by atoms with E-state index in [0.717, 1.165) is 5.75 Å². The van der Waals surface area contributed by atoms with Gasteiger partial charge in [-0.1, -0.05) is 66.1 Å². The number of hydrogen-bond donors (Lipinski definition) is 3. The minimum absolute atomic E-state index is 0.183. The van der Waals surface area contributed by atoms with Crippen molar-refractivity contribution in [1.82, 2.24) is 16.0 Å².